The minimum Gasteiger partial charge on any atom is -0.467 e. The zero-order chi connectivity index (χ0) is 16.2. The third-order valence-electron chi connectivity index (χ3n) is 3.13. The van der Waals surface area contributed by atoms with Crippen LogP contribution in [0.1, 0.15) is 5.76 Å². The van der Waals surface area contributed by atoms with Gasteiger partial charge >= 0.3 is 5.82 Å². The summed E-state index contributed by atoms with van der Waals surface area (Å²) in [6, 6.07) is 8.50. The first kappa shape index (κ1) is 14.6. The van der Waals surface area contributed by atoms with Crippen molar-refractivity contribution in [2.75, 3.05) is 11.9 Å². The maximum atomic E-state index is 11.8. The molecule has 0 fully saturated rings. The molecule has 0 aromatic carbocycles. The fourth-order valence-corrected chi connectivity index (χ4v) is 2.10. The average Bonchev–Trinajstić information content (AvgIpc) is 3.17. The van der Waals surface area contributed by atoms with Crippen LogP contribution >= 0.6 is 0 Å². The van der Waals surface area contributed by atoms with Gasteiger partial charge in [0.1, 0.15) is 5.76 Å². The zero-order valence-corrected chi connectivity index (χ0v) is 11.9. The monoisotopic (exact) mass is 315 g/mol. The molecule has 0 aliphatic carbocycles. The van der Waals surface area contributed by atoms with Gasteiger partial charge in [-0.2, -0.15) is 9.38 Å². The molecule has 1 amide bonds. The van der Waals surface area contributed by atoms with Crippen LogP contribution in [0.25, 0.3) is 5.65 Å². The van der Waals surface area contributed by atoms with Gasteiger partial charge < -0.3 is 25.2 Å². The van der Waals surface area contributed by atoms with E-state index in [-0.39, 0.29) is 30.6 Å². The number of carbonyl (C=O) groups excluding carboxylic acids is 1. The van der Waals surface area contributed by atoms with E-state index in [0.29, 0.717) is 11.4 Å². The second kappa shape index (κ2) is 6.18. The second-order valence-electron chi connectivity index (χ2n) is 4.68. The zero-order valence-electron chi connectivity index (χ0n) is 11.9. The fraction of sp³-hybridized carbons (Fsp3) is 0.143. The largest absolute Gasteiger partial charge is 0.467 e. The molecule has 0 aliphatic rings. The molecule has 2 N–H and O–H groups in total. The molecule has 0 saturated heterocycles. The number of aromatic nitrogens is 2. The lowest BCUT2D eigenvalue weighted by atomic mass is 10.4. The van der Waals surface area contributed by atoms with E-state index in [1.807, 2.05) is 0 Å². The van der Waals surface area contributed by atoms with E-state index in [0.717, 1.165) is 0 Å². The van der Waals surface area contributed by atoms with Gasteiger partial charge in [0.25, 0.3) is 0 Å². The smallest absolute Gasteiger partial charge is 0.372 e. The number of anilines is 1. The van der Waals surface area contributed by atoms with Crippen molar-refractivity contribution in [1.29, 1.82) is 0 Å². The van der Waals surface area contributed by atoms with Crippen molar-refractivity contribution in [1.82, 2.24) is 14.7 Å². The highest BCUT2D eigenvalue weighted by atomic mass is 16.6. The number of fused-ring (bicyclic) bond motifs is 1. The van der Waals surface area contributed by atoms with Crippen LogP contribution in [0.5, 0.6) is 0 Å². The normalized spacial score (nSPS) is 10.6. The predicted molar refractivity (Wildman–Crippen MR) is 80.9 cm³/mol. The molecule has 0 bridgehead atoms. The summed E-state index contributed by atoms with van der Waals surface area (Å²) in [5.41, 5.74) is 0.428. The van der Waals surface area contributed by atoms with Crippen molar-refractivity contribution >= 4 is 23.2 Å². The van der Waals surface area contributed by atoms with Gasteiger partial charge in [-0.3, -0.25) is 4.79 Å². The van der Waals surface area contributed by atoms with Crippen LogP contribution in [-0.2, 0) is 11.3 Å². The van der Waals surface area contributed by atoms with E-state index in [9.17, 15) is 14.9 Å². The Morgan fingerprint density at radius 1 is 1.35 bits per heavy atom. The average molecular weight is 315 g/mol. The maximum absolute atomic E-state index is 11.8. The lowest BCUT2D eigenvalue weighted by Crippen LogP contribution is -2.29. The summed E-state index contributed by atoms with van der Waals surface area (Å²) in [6.45, 7) is 0.117. The topological polar surface area (TPSA) is 115 Å². The van der Waals surface area contributed by atoms with Crippen molar-refractivity contribution in [3.05, 3.63) is 58.7 Å². The minimum absolute atomic E-state index is 0.0503. The first-order valence-corrected chi connectivity index (χ1v) is 6.79. The van der Waals surface area contributed by atoms with Gasteiger partial charge in [-0.1, -0.05) is 6.07 Å². The van der Waals surface area contributed by atoms with Crippen LogP contribution in [0, 0.1) is 10.1 Å². The summed E-state index contributed by atoms with van der Waals surface area (Å²) in [5.74, 6) is 0.138. The van der Waals surface area contributed by atoms with Crippen LogP contribution in [0.4, 0.5) is 11.6 Å². The van der Waals surface area contributed by atoms with E-state index < -0.39 is 4.92 Å². The van der Waals surface area contributed by atoms with Crippen LogP contribution in [0.15, 0.2) is 47.2 Å². The Morgan fingerprint density at radius 2 is 2.22 bits per heavy atom. The molecule has 0 radical (unpaired) electrons. The van der Waals surface area contributed by atoms with Crippen molar-refractivity contribution in [2.24, 2.45) is 0 Å². The van der Waals surface area contributed by atoms with Crippen LogP contribution in [0.2, 0.25) is 0 Å². The van der Waals surface area contributed by atoms with Gasteiger partial charge in [0.15, 0.2) is 0 Å². The number of furan rings is 1. The lowest BCUT2D eigenvalue weighted by molar-refractivity contribution is -0.389. The number of amides is 1. The van der Waals surface area contributed by atoms with Gasteiger partial charge in [-0.15, -0.1) is 0 Å². The van der Waals surface area contributed by atoms with Crippen LogP contribution in [0.3, 0.4) is 0 Å². The summed E-state index contributed by atoms with van der Waals surface area (Å²) >= 11 is 0. The molecule has 3 aromatic rings. The van der Waals surface area contributed by atoms with Crippen molar-refractivity contribution < 1.29 is 14.1 Å². The minimum atomic E-state index is -0.539. The molecule has 0 aliphatic heterocycles. The SMILES string of the molecule is O=C(CNc1nc2ccccn2c1[N+](=O)[O-])NCc1ccco1. The number of nitrogens with one attached hydrogen (secondary N) is 2. The van der Waals surface area contributed by atoms with Crippen LogP contribution in [-0.4, -0.2) is 26.8 Å². The number of hydrogen-bond donors (Lipinski definition) is 2. The molecule has 118 valence electrons. The summed E-state index contributed by atoms with van der Waals surface area (Å²) < 4.78 is 6.45. The molecule has 0 atom stereocenters. The Balaban J connectivity index is 1.68. The molecule has 0 unspecified atom stereocenters. The molecular formula is C14H13N5O4. The van der Waals surface area contributed by atoms with Gasteiger partial charge in [0.05, 0.1) is 25.5 Å². The van der Waals surface area contributed by atoms with E-state index in [1.165, 1.54) is 10.7 Å². The van der Waals surface area contributed by atoms with Crippen molar-refractivity contribution in [3.8, 4) is 0 Å². The third-order valence-corrected chi connectivity index (χ3v) is 3.13. The van der Waals surface area contributed by atoms with Gasteiger partial charge in [-0.25, -0.2) is 0 Å². The Hall–Kier alpha value is -3.36. The first-order valence-electron chi connectivity index (χ1n) is 6.79. The van der Waals surface area contributed by atoms with E-state index in [4.69, 9.17) is 4.42 Å². The summed E-state index contributed by atoms with van der Waals surface area (Å²) in [4.78, 5) is 26.6. The number of carbonyl (C=O) groups is 1. The highest BCUT2D eigenvalue weighted by Crippen LogP contribution is 2.24. The molecule has 23 heavy (non-hydrogen) atoms. The Morgan fingerprint density at radius 3 is 2.96 bits per heavy atom. The Kier molecular flexibility index (Phi) is 3.91. The molecule has 9 heteroatoms. The predicted octanol–water partition coefficient (Wildman–Crippen LogP) is 1.56. The lowest BCUT2D eigenvalue weighted by Gasteiger charge is -2.04. The van der Waals surface area contributed by atoms with E-state index in [2.05, 4.69) is 15.6 Å². The van der Waals surface area contributed by atoms with Crippen molar-refractivity contribution in [3.63, 3.8) is 0 Å². The maximum Gasteiger partial charge on any atom is 0.372 e. The fourth-order valence-electron chi connectivity index (χ4n) is 2.10. The quantitative estimate of drug-likeness (QED) is 0.527. The standard InChI is InChI=1S/C14H13N5O4/c20-12(15-8-10-4-3-7-23-10)9-16-13-14(19(21)22)18-6-2-1-5-11(18)17-13/h1-7,16H,8-9H2,(H,15,20). The molecule has 3 heterocycles. The van der Waals surface area contributed by atoms with Gasteiger partial charge in [-0.05, 0) is 23.1 Å². The summed E-state index contributed by atoms with van der Waals surface area (Å²) in [7, 11) is 0. The number of nitrogens with zero attached hydrogens (tertiary/aromatic N) is 3. The third kappa shape index (κ3) is 3.12. The molecule has 3 aromatic heterocycles. The second-order valence-corrected chi connectivity index (χ2v) is 4.68. The number of hydrogen-bond acceptors (Lipinski definition) is 6. The van der Waals surface area contributed by atoms with E-state index in [1.54, 1.807) is 36.5 Å². The Bertz CT molecular complexity index is 840. The van der Waals surface area contributed by atoms with Crippen LogP contribution < -0.4 is 10.6 Å². The molecule has 3 rings (SSSR count). The molecule has 9 nitrogen and oxygen atoms in total. The molecular weight excluding hydrogens is 302 g/mol. The van der Waals surface area contributed by atoms with Gasteiger partial charge in [0.2, 0.25) is 17.4 Å². The van der Waals surface area contributed by atoms with Gasteiger partial charge in [0, 0.05) is 6.07 Å². The van der Waals surface area contributed by atoms with E-state index >= 15 is 0 Å². The number of pyridine rings is 1. The number of imidazole rings is 1. The molecule has 0 spiro atoms. The number of nitro groups is 1. The van der Waals surface area contributed by atoms with Crippen molar-refractivity contribution in [2.45, 2.75) is 6.54 Å². The summed E-state index contributed by atoms with van der Waals surface area (Å²) in [5, 5.41) is 16.6. The highest BCUT2D eigenvalue weighted by Gasteiger charge is 2.22. The Labute approximate surface area is 130 Å². The summed E-state index contributed by atoms with van der Waals surface area (Å²) in [6.07, 6.45) is 3.06. The highest BCUT2D eigenvalue weighted by molar-refractivity contribution is 5.81. The molecule has 0 saturated carbocycles. The first-order chi connectivity index (χ1) is 11.1. The number of rotatable bonds is 6.